The number of benzene rings is 2. The van der Waals surface area contributed by atoms with E-state index in [2.05, 4.69) is 47.6 Å². The SMILES string of the molecule is CC(C)(C)c1ccc(OCCC(=O)NNC(=O)c2ccc(Br)cc2)cc1. The standard InChI is InChI=1S/C20H23BrN2O3/c1-20(2,3)15-6-10-17(11-7-15)26-13-12-18(24)22-23-19(25)14-4-8-16(21)9-5-14/h4-11H,12-13H2,1-3H3,(H,22,24)(H,23,25). The molecule has 0 spiro atoms. The lowest BCUT2D eigenvalue weighted by Gasteiger charge is -2.19. The van der Waals surface area contributed by atoms with E-state index in [1.165, 1.54) is 5.56 Å². The first kappa shape index (κ1) is 20.0. The van der Waals surface area contributed by atoms with Crippen LogP contribution in [0.4, 0.5) is 0 Å². The molecule has 0 aliphatic heterocycles. The Morgan fingerprint density at radius 1 is 0.962 bits per heavy atom. The van der Waals surface area contributed by atoms with Gasteiger partial charge in [-0.2, -0.15) is 0 Å². The molecule has 0 aromatic heterocycles. The molecule has 0 heterocycles. The largest absolute Gasteiger partial charge is 0.493 e. The second-order valence-corrected chi connectivity index (χ2v) is 7.80. The van der Waals surface area contributed by atoms with E-state index in [9.17, 15) is 9.59 Å². The van der Waals surface area contributed by atoms with Crippen molar-refractivity contribution in [2.45, 2.75) is 32.6 Å². The molecule has 2 N–H and O–H groups in total. The maximum Gasteiger partial charge on any atom is 0.269 e. The normalized spacial score (nSPS) is 10.9. The highest BCUT2D eigenvalue weighted by atomic mass is 79.9. The van der Waals surface area contributed by atoms with Crippen molar-refractivity contribution in [3.8, 4) is 5.75 Å². The molecule has 2 aromatic rings. The molecule has 138 valence electrons. The second-order valence-electron chi connectivity index (χ2n) is 6.88. The van der Waals surface area contributed by atoms with Crippen molar-refractivity contribution >= 4 is 27.7 Å². The average molecular weight is 419 g/mol. The molecule has 0 saturated heterocycles. The molecule has 0 aliphatic rings. The van der Waals surface area contributed by atoms with E-state index in [1.54, 1.807) is 24.3 Å². The first-order chi connectivity index (χ1) is 12.3. The fourth-order valence-electron chi connectivity index (χ4n) is 2.18. The van der Waals surface area contributed by atoms with Crippen molar-refractivity contribution in [2.75, 3.05) is 6.61 Å². The monoisotopic (exact) mass is 418 g/mol. The number of hydrogen-bond donors (Lipinski definition) is 2. The van der Waals surface area contributed by atoms with Crippen molar-refractivity contribution in [1.29, 1.82) is 0 Å². The second kappa shape index (κ2) is 8.85. The van der Waals surface area contributed by atoms with Crippen LogP contribution < -0.4 is 15.6 Å². The summed E-state index contributed by atoms with van der Waals surface area (Å²) >= 11 is 3.30. The maximum absolute atomic E-state index is 11.9. The lowest BCUT2D eigenvalue weighted by Crippen LogP contribution is -2.42. The highest BCUT2D eigenvalue weighted by Gasteiger charge is 2.13. The number of rotatable bonds is 5. The molecule has 0 bridgehead atoms. The predicted molar refractivity (Wildman–Crippen MR) is 105 cm³/mol. The number of nitrogens with one attached hydrogen (secondary N) is 2. The van der Waals surface area contributed by atoms with E-state index < -0.39 is 0 Å². The number of hydrogen-bond acceptors (Lipinski definition) is 3. The van der Waals surface area contributed by atoms with Gasteiger partial charge in [0, 0.05) is 10.0 Å². The molecule has 2 aromatic carbocycles. The highest BCUT2D eigenvalue weighted by Crippen LogP contribution is 2.24. The van der Waals surface area contributed by atoms with Crippen LogP contribution in [0.5, 0.6) is 5.75 Å². The Kier molecular flexibility index (Phi) is 6.80. The van der Waals surface area contributed by atoms with Crippen LogP contribution in [0.15, 0.2) is 53.0 Å². The Balaban J connectivity index is 1.72. The van der Waals surface area contributed by atoms with Crippen LogP contribution in [-0.2, 0) is 10.2 Å². The lowest BCUT2D eigenvalue weighted by molar-refractivity contribution is -0.122. The third-order valence-electron chi connectivity index (χ3n) is 3.74. The number of halogens is 1. The van der Waals surface area contributed by atoms with Crippen LogP contribution in [-0.4, -0.2) is 18.4 Å². The molecule has 0 fully saturated rings. The minimum atomic E-state index is -0.371. The van der Waals surface area contributed by atoms with Gasteiger partial charge in [-0.3, -0.25) is 20.4 Å². The first-order valence-electron chi connectivity index (χ1n) is 8.34. The van der Waals surface area contributed by atoms with Crippen LogP contribution in [0, 0.1) is 0 Å². The van der Waals surface area contributed by atoms with Crippen LogP contribution in [0.2, 0.25) is 0 Å². The third kappa shape index (κ3) is 6.19. The number of carbonyl (C=O) groups excluding carboxylic acids is 2. The van der Waals surface area contributed by atoms with Gasteiger partial charge in [0.2, 0.25) is 5.91 Å². The fraction of sp³-hybridized carbons (Fsp3) is 0.300. The molecular weight excluding hydrogens is 396 g/mol. The van der Waals surface area contributed by atoms with E-state index in [1.807, 2.05) is 24.3 Å². The molecule has 0 aliphatic carbocycles. The number of amides is 2. The van der Waals surface area contributed by atoms with E-state index in [4.69, 9.17) is 4.74 Å². The lowest BCUT2D eigenvalue weighted by atomic mass is 9.87. The minimum Gasteiger partial charge on any atom is -0.493 e. The Hall–Kier alpha value is -2.34. The Morgan fingerprint density at radius 2 is 1.58 bits per heavy atom. The van der Waals surface area contributed by atoms with E-state index in [-0.39, 0.29) is 30.3 Å². The van der Waals surface area contributed by atoms with Gasteiger partial charge in [0.1, 0.15) is 5.75 Å². The molecular formula is C20H23BrN2O3. The van der Waals surface area contributed by atoms with Gasteiger partial charge in [0.05, 0.1) is 13.0 Å². The molecule has 6 heteroatoms. The molecule has 26 heavy (non-hydrogen) atoms. The number of hydrazine groups is 1. The smallest absolute Gasteiger partial charge is 0.269 e. The maximum atomic E-state index is 11.9. The van der Waals surface area contributed by atoms with Crippen molar-refractivity contribution in [2.24, 2.45) is 0 Å². The molecule has 0 radical (unpaired) electrons. The van der Waals surface area contributed by atoms with E-state index in [0.717, 1.165) is 4.47 Å². The topological polar surface area (TPSA) is 67.4 Å². The van der Waals surface area contributed by atoms with Crippen LogP contribution in [0.1, 0.15) is 43.1 Å². The molecule has 0 unspecified atom stereocenters. The Morgan fingerprint density at radius 3 is 2.15 bits per heavy atom. The minimum absolute atomic E-state index is 0.0887. The first-order valence-corrected chi connectivity index (χ1v) is 9.13. The zero-order chi connectivity index (χ0) is 19.2. The molecule has 0 atom stereocenters. The van der Waals surface area contributed by atoms with Gasteiger partial charge in [0.25, 0.3) is 5.91 Å². The van der Waals surface area contributed by atoms with Crippen LogP contribution in [0.25, 0.3) is 0 Å². The van der Waals surface area contributed by atoms with Crippen molar-refractivity contribution in [3.05, 3.63) is 64.1 Å². The van der Waals surface area contributed by atoms with Gasteiger partial charge in [0.15, 0.2) is 0 Å². The quantitative estimate of drug-likeness (QED) is 0.721. The zero-order valence-corrected chi connectivity index (χ0v) is 16.7. The van der Waals surface area contributed by atoms with Crippen molar-refractivity contribution in [3.63, 3.8) is 0 Å². The van der Waals surface area contributed by atoms with Gasteiger partial charge >= 0.3 is 0 Å². The van der Waals surface area contributed by atoms with Crippen molar-refractivity contribution < 1.29 is 14.3 Å². The van der Waals surface area contributed by atoms with Gasteiger partial charge in [-0.05, 0) is 47.4 Å². The van der Waals surface area contributed by atoms with Gasteiger partial charge in [-0.25, -0.2) is 0 Å². The summed E-state index contributed by atoms with van der Waals surface area (Å²) in [7, 11) is 0. The number of ether oxygens (including phenoxy) is 1. The summed E-state index contributed by atoms with van der Waals surface area (Å²) in [4.78, 5) is 23.7. The van der Waals surface area contributed by atoms with Crippen molar-refractivity contribution in [1.82, 2.24) is 10.9 Å². The summed E-state index contributed by atoms with van der Waals surface area (Å²) in [5, 5.41) is 0. The molecule has 5 nitrogen and oxygen atoms in total. The van der Waals surface area contributed by atoms with Crippen LogP contribution >= 0.6 is 15.9 Å². The van der Waals surface area contributed by atoms with E-state index >= 15 is 0 Å². The molecule has 2 rings (SSSR count). The molecule has 0 saturated carbocycles. The Bertz CT molecular complexity index is 750. The number of carbonyl (C=O) groups is 2. The summed E-state index contributed by atoms with van der Waals surface area (Å²) in [6.07, 6.45) is 0.141. The predicted octanol–water partition coefficient (Wildman–Crippen LogP) is 3.98. The highest BCUT2D eigenvalue weighted by molar-refractivity contribution is 9.10. The summed E-state index contributed by atoms with van der Waals surface area (Å²) in [6.45, 7) is 6.68. The Labute approximate surface area is 162 Å². The van der Waals surface area contributed by atoms with E-state index in [0.29, 0.717) is 11.3 Å². The van der Waals surface area contributed by atoms with Crippen LogP contribution in [0.3, 0.4) is 0 Å². The molecule has 2 amide bonds. The summed E-state index contributed by atoms with van der Waals surface area (Å²) in [5.74, 6) is 0.0241. The summed E-state index contributed by atoms with van der Waals surface area (Å²) in [5.41, 5.74) is 6.53. The summed E-state index contributed by atoms with van der Waals surface area (Å²) in [6, 6.07) is 14.7. The fourth-order valence-corrected chi connectivity index (χ4v) is 2.44. The van der Waals surface area contributed by atoms with Gasteiger partial charge < -0.3 is 4.74 Å². The summed E-state index contributed by atoms with van der Waals surface area (Å²) < 4.78 is 6.45. The average Bonchev–Trinajstić information content (AvgIpc) is 2.60. The third-order valence-corrected chi connectivity index (χ3v) is 4.27. The van der Waals surface area contributed by atoms with Gasteiger partial charge in [-0.15, -0.1) is 0 Å². The zero-order valence-electron chi connectivity index (χ0n) is 15.1. The van der Waals surface area contributed by atoms with Gasteiger partial charge in [-0.1, -0.05) is 48.8 Å².